The Hall–Kier alpha value is -0.290. The molecule has 0 bridgehead atoms. The zero-order chi connectivity index (χ0) is 14.1. The van der Waals surface area contributed by atoms with Gasteiger partial charge in [-0.1, -0.05) is 39.7 Å². The third-order valence-electron chi connectivity index (χ3n) is 2.87. The van der Waals surface area contributed by atoms with Gasteiger partial charge in [0.05, 0.1) is 17.3 Å². The van der Waals surface area contributed by atoms with Gasteiger partial charge in [0.15, 0.2) is 0 Å². The van der Waals surface area contributed by atoms with Crippen LogP contribution in [0.3, 0.4) is 0 Å². The van der Waals surface area contributed by atoms with Crippen molar-refractivity contribution in [1.82, 2.24) is 0 Å². The molecule has 0 aliphatic carbocycles. The molecule has 5 heteroatoms. The maximum absolute atomic E-state index is 6.36. The summed E-state index contributed by atoms with van der Waals surface area (Å²) in [7, 11) is 3.43. The number of nitrogens with zero attached hydrogens (tertiary/aromatic N) is 1. The number of hydrogen-bond acceptors (Lipinski definition) is 3. The molecule has 0 amide bonds. The van der Waals surface area contributed by atoms with Crippen LogP contribution in [0.25, 0.3) is 0 Å². The first-order valence-electron chi connectivity index (χ1n) is 6.30. The molecule has 0 heterocycles. The highest BCUT2D eigenvalue weighted by Gasteiger charge is 2.14. The van der Waals surface area contributed by atoms with Gasteiger partial charge in [0, 0.05) is 39.2 Å². The molecule has 3 nitrogen and oxygen atoms in total. The minimum Gasteiger partial charge on any atom is -0.385 e. The molecule has 0 aliphatic rings. The van der Waals surface area contributed by atoms with E-state index in [0.29, 0.717) is 6.61 Å². The molecule has 1 aromatic rings. The average Bonchev–Trinajstić information content (AvgIpc) is 2.43. The van der Waals surface area contributed by atoms with Crippen molar-refractivity contribution in [3.05, 3.63) is 28.8 Å². The van der Waals surface area contributed by atoms with Crippen LogP contribution in [0.1, 0.15) is 12.0 Å². The molecule has 0 N–H and O–H groups in total. The lowest BCUT2D eigenvalue weighted by molar-refractivity contribution is 0.191. The van der Waals surface area contributed by atoms with Gasteiger partial charge >= 0.3 is 0 Å². The van der Waals surface area contributed by atoms with Gasteiger partial charge in [-0.05, 0) is 18.1 Å². The lowest BCUT2D eigenvalue weighted by atomic mass is 10.1. The highest BCUT2D eigenvalue weighted by Crippen LogP contribution is 2.31. The Morgan fingerprint density at radius 2 is 1.89 bits per heavy atom. The highest BCUT2D eigenvalue weighted by atomic mass is 79.9. The van der Waals surface area contributed by atoms with Crippen LogP contribution in [0.15, 0.2) is 18.2 Å². The summed E-state index contributed by atoms with van der Waals surface area (Å²) in [6.45, 7) is 3.16. The van der Waals surface area contributed by atoms with Crippen LogP contribution in [-0.4, -0.2) is 40.5 Å². The first kappa shape index (κ1) is 16.8. The zero-order valence-corrected chi connectivity index (χ0v) is 13.8. The summed E-state index contributed by atoms with van der Waals surface area (Å²) >= 11 is 9.88. The largest absolute Gasteiger partial charge is 0.385 e. The first-order chi connectivity index (χ1) is 9.24. The van der Waals surface area contributed by atoms with E-state index < -0.39 is 0 Å². The van der Waals surface area contributed by atoms with E-state index in [9.17, 15) is 0 Å². The molecule has 0 saturated carbocycles. The van der Waals surface area contributed by atoms with E-state index in [-0.39, 0.29) is 0 Å². The number of halogens is 2. The predicted octanol–water partition coefficient (Wildman–Crippen LogP) is 3.72. The van der Waals surface area contributed by atoms with Crippen molar-refractivity contribution in [1.29, 1.82) is 0 Å². The normalized spacial score (nSPS) is 10.7. The first-order valence-corrected chi connectivity index (χ1v) is 7.80. The third-order valence-corrected chi connectivity index (χ3v) is 3.78. The summed E-state index contributed by atoms with van der Waals surface area (Å²) < 4.78 is 10.3. The summed E-state index contributed by atoms with van der Waals surface area (Å²) in [4.78, 5) is 2.27. The Balaban J connectivity index is 2.88. The molecule has 0 aliphatic heterocycles. The molecule has 0 saturated heterocycles. The van der Waals surface area contributed by atoms with E-state index in [0.717, 1.165) is 42.2 Å². The van der Waals surface area contributed by atoms with Crippen LogP contribution < -0.4 is 4.90 Å². The molecule has 0 atom stereocenters. The Bertz CT molecular complexity index is 376. The van der Waals surface area contributed by atoms with Crippen molar-refractivity contribution in [3.8, 4) is 0 Å². The summed E-state index contributed by atoms with van der Waals surface area (Å²) in [5, 5.41) is 1.57. The second kappa shape index (κ2) is 9.59. The van der Waals surface area contributed by atoms with Crippen molar-refractivity contribution in [3.63, 3.8) is 0 Å². The van der Waals surface area contributed by atoms with Gasteiger partial charge in [-0.2, -0.15) is 0 Å². The van der Waals surface area contributed by atoms with E-state index in [1.54, 1.807) is 14.2 Å². The van der Waals surface area contributed by atoms with Crippen LogP contribution in [-0.2, 0) is 14.8 Å². The Morgan fingerprint density at radius 1 is 1.16 bits per heavy atom. The maximum Gasteiger partial charge on any atom is 0.0642 e. The Morgan fingerprint density at radius 3 is 2.53 bits per heavy atom. The number of hydrogen-bond donors (Lipinski definition) is 0. The maximum atomic E-state index is 6.36. The molecule has 0 fully saturated rings. The summed E-state index contributed by atoms with van der Waals surface area (Å²) in [5.41, 5.74) is 2.29. The van der Waals surface area contributed by atoms with E-state index in [2.05, 4.69) is 26.9 Å². The zero-order valence-electron chi connectivity index (χ0n) is 11.5. The topological polar surface area (TPSA) is 21.7 Å². The molecular weight excluding hydrogens is 330 g/mol. The van der Waals surface area contributed by atoms with E-state index >= 15 is 0 Å². The fourth-order valence-corrected chi connectivity index (χ4v) is 2.72. The lowest BCUT2D eigenvalue weighted by Gasteiger charge is -2.27. The van der Waals surface area contributed by atoms with Gasteiger partial charge in [0.25, 0.3) is 0 Å². The van der Waals surface area contributed by atoms with Crippen LogP contribution in [0.4, 0.5) is 5.69 Å². The van der Waals surface area contributed by atoms with Crippen molar-refractivity contribution in [2.24, 2.45) is 0 Å². The Labute approximate surface area is 129 Å². The molecular formula is C14H21BrClNO2. The number of ether oxygens (including phenoxy) is 2. The second-order valence-electron chi connectivity index (χ2n) is 4.21. The van der Waals surface area contributed by atoms with Crippen LogP contribution >= 0.6 is 27.5 Å². The average molecular weight is 351 g/mol. The molecule has 0 aromatic heterocycles. The SMILES string of the molecule is COCCCN(CCOC)c1c(Cl)cccc1CBr. The predicted molar refractivity (Wildman–Crippen MR) is 84.7 cm³/mol. The van der Waals surface area contributed by atoms with Gasteiger partial charge in [-0.3, -0.25) is 0 Å². The van der Waals surface area contributed by atoms with E-state index in [1.165, 1.54) is 5.56 Å². The highest BCUT2D eigenvalue weighted by molar-refractivity contribution is 9.08. The molecule has 0 radical (unpaired) electrons. The van der Waals surface area contributed by atoms with E-state index in [4.69, 9.17) is 21.1 Å². The van der Waals surface area contributed by atoms with Gasteiger partial charge in [-0.25, -0.2) is 0 Å². The number of para-hydroxylation sites is 1. The summed E-state index contributed by atoms with van der Waals surface area (Å²) in [5.74, 6) is 0. The molecule has 1 aromatic carbocycles. The minimum atomic E-state index is 0.680. The molecule has 0 unspecified atom stereocenters. The van der Waals surface area contributed by atoms with Crippen LogP contribution in [0.5, 0.6) is 0 Å². The van der Waals surface area contributed by atoms with Crippen LogP contribution in [0, 0.1) is 0 Å². The lowest BCUT2D eigenvalue weighted by Crippen LogP contribution is -2.30. The monoisotopic (exact) mass is 349 g/mol. The summed E-state index contributed by atoms with van der Waals surface area (Å²) in [6.07, 6.45) is 0.965. The standard InChI is InChI=1S/C14H21BrClNO2/c1-18-9-4-7-17(8-10-19-2)14-12(11-15)5-3-6-13(14)16/h3,5-6H,4,7-11H2,1-2H3. The molecule has 0 spiro atoms. The summed E-state index contributed by atoms with van der Waals surface area (Å²) in [6, 6.07) is 6.00. The van der Waals surface area contributed by atoms with Crippen molar-refractivity contribution in [2.45, 2.75) is 11.8 Å². The van der Waals surface area contributed by atoms with Gasteiger partial charge < -0.3 is 14.4 Å². The fourth-order valence-electron chi connectivity index (χ4n) is 1.96. The molecule has 108 valence electrons. The van der Waals surface area contributed by atoms with E-state index in [1.807, 2.05) is 12.1 Å². The number of benzene rings is 1. The van der Waals surface area contributed by atoms with Crippen molar-refractivity contribution < 1.29 is 9.47 Å². The second-order valence-corrected chi connectivity index (χ2v) is 5.18. The third kappa shape index (κ3) is 5.30. The minimum absolute atomic E-state index is 0.680. The fraction of sp³-hybridized carbons (Fsp3) is 0.571. The number of rotatable bonds is 9. The quantitative estimate of drug-likeness (QED) is 0.500. The van der Waals surface area contributed by atoms with Gasteiger partial charge in [-0.15, -0.1) is 0 Å². The number of methoxy groups -OCH3 is 2. The molecule has 19 heavy (non-hydrogen) atoms. The molecule has 1 rings (SSSR count). The number of alkyl halides is 1. The van der Waals surface area contributed by atoms with Crippen LogP contribution in [0.2, 0.25) is 5.02 Å². The van der Waals surface area contributed by atoms with Crippen molar-refractivity contribution >= 4 is 33.2 Å². The Kier molecular flexibility index (Phi) is 8.46. The van der Waals surface area contributed by atoms with Gasteiger partial charge in [0.2, 0.25) is 0 Å². The van der Waals surface area contributed by atoms with Crippen molar-refractivity contribution in [2.75, 3.05) is 45.4 Å². The smallest absolute Gasteiger partial charge is 0.0642 e. The number of anilines is 1. The van der Waals surface area contributed by atoms with Gasteiger partial charge in [0.1, 0.15) is 0 Å².